The molecule has 0 aromatic carbocycles. The first-order chi connectivity index (χ1) is 13.3. The molecule has 3 aliphatic rings. The van der Waals surface area contributed by atoms with E-state index in [4.69, 9.17) is 9.47 Å². The number of hydrogen-bond acceptors (Lipinski definition) is 7. The van der Waals surface area contributed by atoms with E-state index in [9.17, 15) is 0 Å². The van der Waals surface area contributed by atoms with Gasteiger partial charge in [0.2, 0.25) is 5.88 Å². The summed E-state index contributed by atoms with van der Waals surface area (Å²) in [7, 11) is 1.62. The van der Waals surface area contributed by atoms with Crippen LogP contribution in [0.25, 0.3) is 11.1 Å². The minimum absolute atomic E-state index is 0.533. The summed E-state index contributed by atoms with van der Waals surface area (Å²) in [4.78, 5) is 15.6. The molecule has 0 unspecified atom stereocenters. The molecule has 142 valence electrons. The van der Waals surface area contributed by atoms with E-state index < -0.39 is 0 Å². The summed E-state index contributed by atoms with van der Waals surface area (Å²) in [5.74, 6) is 2.06. The summed E-state index contributed by atoms with van der Waals surface area (Å²) < 4.78 is 11.3. The van der Waals surface area contributed by atoms with Crippen LogP contribution in [0.4, 0.5) is 5.82 Å². The number of ether oxygens (including phenoxy) is 2. The number of aromatic nitrogens is 2. The number of methoxy groups -OCH3 is 1. The third-order valence-electron chi connectivity index (χ3n) is 5.15. The fourth-order valence-electron chi connectivity index (χ4n) is 3.58. The fraction of sp³-hybridized carbons (Fsp3) is 0.450. The van der Waals surface area contributed by atoms with E-state index in [1.165, 1.54) is 12.8 Å². The van der Waals surface area contributed by atoms with Crippen LogP contribution < -0.4 is 10.1 Å². The zero-order valence-electron chi connectivity index (χ0n) is 15.6. The van der Waals surface area contributed by atoms with E-state index >= 15 is 0 Å². The van der Waals surface area contributed by atoms with Crippen molar-refractivity contribution in [2.75, 3.05) is 38.8 Å². The monoisotopic (exact) mass is 367 g/mol. The molecule has 3 aliphatic heterocycles. The molecular formula is C20H25N5O2. The number of piperidine rings is 1. The third kappa shape index (κ3) is 4.36. The van der Waals surface area contributed by atoms with Crippen LogP contribution in [0.2, 0.25) is 0 Å². The lowest BCUT2D eigenvalue weighted by atomic mass is 9.94. The lowest BCUT2D eigenvalue weighted by Gasteiger charge is -2.32. The minimum atomic E-state index is 0.533. The van der Waals surface area contributed by atoms with Gasteiger partial charge in [-0.3, -0.25) is 10.2 Å². The van der Waals surface area contributed by atoms with Crippen molar-refractivity contribution in [1.82, 2.24) is 14.9 Å². The van der Waals surface area contributed by atoms with E-state index in [0.717, 1.165) is 43.1 Å². The van der Waals surface area contributed by atoms with Gasteiger partial charge in [-0.25, -0.2) is 15.0 Å². The highest BCUT2D eigenvalue weighted by Gasteiger charge is 2.21. The van der Waals surface area contributed by atoms with Crippen LogP contribution >= 0.6 is 0 Å². The van der Waals surface area contributed by atoms with Gasteiger partial charge in [-0.2, -0.15) is 0 Å². The summed E-state index contributed by atoms with van der Waals surface area (Å²) in [5, 5.41) is 3.23. The molecular weight excluding hydrogens is 342 g/mol. The summed E-state index contributed by atoms with van der Waals surface area (Å²) >= 11 is 0. The largest absolute Gasteiger partial charge is 0.481 e. The first kappa shape index (κ1) is 17.7. The van der Waals surface area contributed by atoms with Gasteiger partial charge in [0.1, 0.15) is 12.5 Å². The Bertz CT molecular complexity index is 802. The van der Waals surface area contributed by atoms with Gasteiger partial charge in [0.15, 0.2) is 0 Å². The second-order valence-corrected chi connectivity index (χ2v) is 6.93. The number of pyridine rings is 2. The third-order valence-corrected chi connectivity index (χ3v) is 5.15. The Balaban J connectivity index is 1.52. The normalized spacial score (nSPS) is 22.5. The number of hydrogen-bond donors (Lipinski definition) is 1. The van der Waals surface area contributed by atoms with Gasteiger partial charge in [0.05, 0.1) is 7.11 Å². The molecule has 5 rings (SSSR count). The number of amidine groups is 1. The molecule has 2 aromatic heterocycles. The molecule has 1 fully saturated rings. The minimum Gasteiger partial charge on any atom is -0.481 e. The second-order valence-electron chi connectivity index (χ2n) is 6.93. The average molecular weight is 367 g/mol. The number of aliphatic imine (C=N–C) groups is 1. The predicted octanol–water partition coefficient (Wildman–Crippen LogP) is 3.01. The van der Waals surface area contributed by atoms with E-state index in [-0.39, 0.29) is 0 Å². The fourth-order valence-corrected chi connectivity index (χ4v) is 3.58. The highest BCUT2D eigenvalue weighted by molar-refractivity contribution is 5.88. The molecule has 0 atom stereocenters. The predicted molar refractivity (Wildman–Crippen MR) is 105 cm³/mol. The number of nitrogens with one attached hydrogen (secondary N) is 1. The average Bonchev–Trinajstić information content (AvgIpc) is 2.73. The maximum atomic E-state index is 5.93. The van der Waals surface area contributed by atoms with Gasteiger partial charge in [0, 0.05) is 37.6 Å². The van der Waals surface area contributed by atoms with Crippen molar-refractivity contribution in [3.05, 3.63) is 36.7 Å². The molecule has 0 aliphatic carbocycles. The van der Waals surface area contributed by atoms with Crippen molar-refractivity contribution in [1.29, 1.82) is 0 Å². The molecule has 27 heavy (non-hydrogen) atoms. The van der Waals surface area contributed by atoms with Crippen LogP contribution in [-0.2, 0) is 4.74 Å². The van der Waals surface area contributed by atoms with Crippen LogP contribution in [0, 0.1) is 5.92 Å². The van der Waals surface area contributed by atoms with Gasteiger partial charge in [-0.05, 0) is 55.0 Å². The Labute approximate surface area is 159 Å². The molecule has 5 heterocycles. The quantitative estimate of drug-likeness (QED) is 0.899. The van der Waals surface area contributed by atoms with Gasteiger partial charge in [-0.15, -0.1) is 0 Å². The highest BCUT2D eigenvalue weighted by Crippen LogP contribution is 2.28. The molecule has 7 heteroatoms. The van der Waals surface area contributed by atoms with Gasteiger partial charge in [-0.1, -0.05) is 0 Å². The molecule has 0 spiro atoms. The van der Waals surface area contributed by atoms with Gasteiger partial charge < -0.3 is 9.47 Å². The maximum absolute atomic E-state index is 5.93. The van der Waals surface area contributed by atoms with E-state index in [1.807, 2.05) is 24.3 Å². The Hall–Kier alpha value is -2.67. The lowest BCUT2D eigenvalue weighted by Crippen LogP contribution is -2.38. The highest BCUT2D eigenvalue weighted by atomic mass is 16.5. The molecule has 2 aromatic rings. The van der Waals surface area contributed by atoms with Crippen LogP contribution in [0.5, 0.6) is 5.88 Å². The summed E-state index contributed by atoms with van der Waals surface area (Å²) in [6, 6.07) is 8.29. The van der Waals surface area contributed by atoms with Crippen molar-refractivity contribution in [2.45, 2.75) is 19.3 Å². The Morgan fingerprint density at radius 2 is 2.04 bits per heavy atom. The zero-order valence-corrected chi connectivity index (χ0v) is 15.6. The first-order valence-corrected chi connectivity index (χ1v) is 9.44. The Morgan fingerprint density at radius 3 is 2.89 bits per heavy atom. The smallest absolute Gasteiger partial charge is 0.291 e. The Morgan fingerprint density at radius 1 is 1.15 bits per heavy atom. The second kappa shape index (κ2) is 8.35. The van der Waals surface area contributed by atoms with Crippen LogP contribution in [0.3, 0.4) is 0 Å². The number of anilines is 1. The van der Waals surface area contributed by atoms with Gasteiger partial charge >= 0.3 is 0 Å². The van der Waals surface area contributed by atoms with Crippen molar-refractivity contribution < 1.29 is 9.47 Å². The molecule has 7 nitrogen and oxygen atoms in total. The number of rotatable bonds is 3. The van der Waals surface area contributed by atoms with Crippen molar-refractivity contribution >= 4 is 11.8 Å². The van der Waals surface area contributed by atoms with E-state index in [1.54, 1.807) is 19.5 Å². The van der Waals surface area contributed by atoms with E-state index in [0.29, 0.717) is 24.5 Å². The zero-order chi connectivity index (χ0) is 18.5. The van der Waals surface area contributed by atoms with Crippen LogP contribution in [0.15, 0.2) is 41.7 Å². The first-order valence-electron chi connectivity index (χ1n) is 9.44. The van der Waals surface area contributed by atoms with Crippen LogP contribution in [0.1, 0.15) is 19.3 Å². The Kier molecular flexibility index (Phi) is 5.48. The standard InChI is InChI=1S/C20H25N5O2/c1-26-19-17(3-2-8-22-19)16-5-10-21-18(13-16)24-20-23-9-4-15-6-11-25(12-7-15)14-27-20/h2-3,5,8,10,13,15H,4,6-7,9,11-12,14H2,1H3,(H,21,23,24). The summed E-state index contributed by atoms with van der Waals surface area (Å²) in [5.41, 5.74) is 1.89. The topological polar surface area (TPSA) is 71.9 Å². The molecule has 0 radical (unpaired) electrons. The molecule has 0 saturated carbocycles. The summed E-state index contributed by atoms with van der Waals surface area (Å²) in [6.45, 7) is 3.55. The molecule has 1 N–H and O–H groups in total. The maximum Gasteiger partial charge on any atom is 0.291 e. The summed E-state index contributed by atoms with van der Waals surface area (Å²) in [6.07, 6.45) is 7.09. The SMILES string of the molecule is COc1ncccc1-c1ccnc(NC2=NCCC3CCN(CC3)CO2)c1. The number of fused-ring (bicyclic) bond motifs is 6. The van der Waals surface area contributed by atoms with E-state index in [2.05, 4.69) is 25.2 Å². The van der Waals surface area contributed by atoms with Crippen molar-refractivity contribution in [3.63, 3.8) is 0 Å². The molecule has 1 saturated heterocycles. The van der Waals surface area contributed by atoms with Gasteiger partial charge in [0.25, 0.3) is 6.02 Å². The lowest BCUT2D eigenvalue weighted by molar-refractivity contribution is 0.0761. The van der Waals surface area contributed by atoms with Crippen molar-refractivity contribution in [2.24, 2.45) is 10.9 Å². The molecule has 2 bridgehead atoms. The molecule has 0 amide bonds. The van der Waals surface area contributed by atoms with Crippen LogP contribution in [-0.4, -0.2) is 54.4 Å². The van der Waals surface area contributed by atoms with Crippen molar-refractivity contribution in [3.8, 4) is 17.0 Å². The number of nitrogens with zero attached hydrogens (tertiary/aromatic N) is 4.